The summed E-state index contributed by atoms with van der Waals surface area (Å²) >= 11 is 6.00. The van der Waals surface area contributed by atoms with Gasteiger partial charge < -0.3 is 9.64 Å². The number of nitrogens with zero attached hydrogens (tertiary/aromatic N) is 3. The predicted octanol–water partition coefficient (Wildman–Crippen LogP) is 3.50. The molecule has 0 bridgehead atoms. The molecule has 1 aliphatic heterocycles. The van der Waals surface area contributed by atoms with Crippen molar-refractivity contribution in [2.45, 2.75) is 11.4 Å². The summed E-state index contributed by atoms with van der Waals surface area (Å²) in [6, 6.07) is 16.6. The first-order valence-corrected chi connectivity index (χ1v) is 12.6. The molecule has 8 nitrogen and oxygen atoms in total. The van der Waals surface area contributed by atoms with E-state index in [1.54, 1.807) is 48.5 Å². The van der Waals surface area contributed by atoms with Gasteiger partial charge in [-0.1, -0.05) is 17.7 Å². The molecular weight excluding hydrogens is 476 g/mol. The van der Waals surface area contributed by atoms with Crippen LogP contribution >= 0.6 is 11.6 Å². The van der Waals surface area contributed by atoms with Crippen molar-refractivity contribution < 1.29 is 17.9 Å². The fourth-order valence-electron chi connectivity index (χ4n) is 3.69. The van der Waals surface area contributed by atoms with Crippen LogP contribution in [0.1, 0.15) is 16.1 Å². The van der Waals surface area contributed by atoms with E-state index >= 15 is 0 Å². The molecule has 1 amide bonds. The number of pyridine rings is 1. The molecule has 1 aliphatic rings. The summed E-state index contributed by atoms with van der Waals surface area (Å²) in [7, 11) is -2.20. The lowest BCUT2D eigenvalue weighted by molar-refractivity contribution is 0.0627. The first kappa shape index (κ1) is 24.0. The van der Waals surface area contributed by atoms with Crippen molar-refractivity contribution in [3.05, 3.63) is 83.1 Å². The van der Waals surface area contributed by atoms with Crippen LogP contribution in [-0.2, 0) is 16.6 Å². The summed E-state index contributed by atoms with van der Waals surface area (Å²) in [4.78, 5) is 21.3. The Hall–Kier alpha value is -3.14. The molecule has 2 aromatic carbocycles. The Balaban J connectivity index is 1.30. The minimum atomic E-state index is -3.72. The maximum atomic E-state index is 12.7. The largest absolute Gasteiger partial charge is 0.497 e. The van der Waals surface area contributed by atoms with Crippen LogP contribution in [0.5, 0.6) is 5.75 Å². The fraction of sp³-hybridized carbons (Fsp3) is 0.250. The maximum Gasteiger partial charge on any atom is 0.261 e. The van der Waals surface area contributed by atoms with Crippen LogP contribution in [0.15, 0.2) is 71.8 Å². The Bertz CT molecular complexity index is 1240. The predicted molar refractivity (Wildman–Crippen MR) is 131 cm³/mol. The van der Waals surface area contributed by atoms with Gasteiger partial charge in [-0.25, -0.2) is 8.42 Å². The van der Waals surface area contributed by atoms with E-state index in [9.17, 15) is 13.2 Å². The molecule has 0 unspecified atom stereocenters. The van der Waals surface area contributed by atoms with E-state index in [1.165, 1.54) is 25.4 Å². The summed E-state index contributed by atoms with van der Waals surface area (Å²) < 4.78 is 32.8. The standard InChI is InChI=1S/C24H25ClN4O4S/c1-33-22-7-9-23(10-8-22)34(31,32)27-20-5-6-21(26-16-20)17-28-11-13-29(14-12-28)24(30)18-3-2-4-19(25)15-18/h2-10,15-16,27H,11-14,17H2,1H3. The number of halogens is 1. The van der Waals surface area contributed by atoms with Crippen LogP contribution in [0, 0.1) is 0 Å². The summed E-state index contributed by atoms with van der Waals surface area (Å²) in [6.07, 6.45) is 1.51. The third kappa shape index (κ3) is 5.85. The van der Waals surface area contributed by atoms with E-state index in [0.29, 0.717) is 41.7 Å². The number of ether oxygens (including phenoxy) is 1. The van der Waals surface area contributed by atoms with E-state index in [-0.39, 0.29) is 10.8 Å². The number of anilines is 1. The van der Waals surface area contributed by atoms with E-state index in [1.807, 2.05) is 4.90 Å². The molecule has 1 fully saturated rings. The van der Waals surface area contributed by atoms with E-state index in [4.69, 9.17) is 16.3 Å². The van der Waals surface area contributed by atoms with Crippen molar-refractivity contribution >= 4 is 33.2 Å². The second-order valence-electron chi connectivity index (χ2n) is 7.90. The van der Waals surface area contributed by atoms with Gasteiger partial charge in [0.1, 0.15) is 5.75 Å². The lowest BCUT2D eigenvalue weighted by atomic mass is 10.2. The Kier molecular flexibility index (Phi) is 7.35. The SMILES string of the molecule is COc1ccc(S(=O)(=O)Nc2ccc(CN3CCN(C(=O)c4cccc(Cl)c4)CC3)nc2)cc1. The van der Waals surface area contributed by atoms with Crippen LogP contribution in [-0.4, -0.2) is 62.4 Å². The number of amides is 1. The Morgan fingerprint density at radius 2 is 1.79 bits per heavy atom. The van der Waals surface area contributed by atoms with Crippen LogP contribution in [0.4, 0.5) is 5.69 Å². The highest BCUT2D eigenvalue weighted by Crippen LogP contribution is 2.19. The average molecular weight is 501 g/mol. The van der Waals surface area contributed by atoms with Gasteiger partial charge in [-0.2, -0.15) is 0 Å². The monoisotopic (exact) mass is 500 g/mol. The molecule has 0 spiro atoms. The maximum absolute atomic E-state index is 12.7. The molecule has 178 valence electrons. The van der Waals surface area contributed by atoms with Crippen LogP contribution in [0.25, 0.3) is 0 Å². The fourth-order valence-corrected chi connectivity index (χ4v) is 4.92. The molecule has 34 heavy (non-hydrogen) atoms. The van der Waals surface area contributed by atoms with E-state index in [2.05, 4.69) is 14.6 Å². The zero-order chi connectivity index (χ0) is 24.1. The second-order valence-corrected chi connectivity index (χ2v) is 10.0. The first-order valence-electron chi connectivity index (χ1n) is 10.7. The zero-order valence-electron chi connectivity index (χ0n) is 18.6. The molecule has 4 rings (SSSR count). The Morgan fingerprint density at radius 1 is 1.06 bits per heavy atom. The van der Waals surface area contributed by atoms with Gasteiger partial charge in [0.25, 0.3) is 15.9 Å². The lowest BCUT2D eigenvalue weighted by Crippen LogP contribution is -2.48. The highest BCUT2D eigenvalue weighted by atomic mass is 35.5. The van der Waals surface area contributed by atoms with Gasteiger partial charge in [-0.05, 0) is 54.6 Å². The smallest absolute Gasteiger partial charge is 0.261 e. The number of hydrogen-bond donors (Lipinski definition) is 1. The Morgan fingerprint density at radius 3 is 2.41 bits per heavy atom. The van der Waals surface area contributed by atoms with E-state index < -0.39 is 10.0 Å². The number of methoxy groups -OCH3 is 1. The van der Waals surface area contributed by atoms with Crippen LogP contribution in [0.3, 0.4) is 0 Å². The number of rotatable bonds is 7. The number of nitrogens with one attached hydrogen (secondary N) is 1. The third-order valence-corrected chi connectivity index (χ3v) is 7.20. The van der Waals surface area contributed by atoms with Gasteiger partial charge in [-0.3, -0.25) is 19.4 Å². The van der Waals surface area contributed by atoms with E-state index in [0.717, 1.165) is 18.8 Å². The molecular formula is C24H25ClN4O4S. The molecule has 0 radical (unpaired) electrons. The van der Waals surface area contributed by atoms with Crippen molar-refractivity contribution in [2.24, 2.45) is 0 Å². The molecule has 1 saturated heterocycles. The summed E-state index contributed by atoms with van der Waals surface area (Å²) in [5.74, 6) is 0.563. The number of piperazine rings is 1. The molecule has 10 heteroatoms. The van der Waals surface area contributed by atoms with Crippen molar-refractivity contribution in [1.82, 2.24) is 14.8 Å². The normalized spacial score (nSPS) is 14.6. The molecule has 0 atom stereocenters. The van der Waals surface area contributed by atoms with Gasteiger partial charge in [0.05, 0.1) is 29.6 Å². The quantitative estimate of drug-likeness (QED) is 0.534. The van der Waals surface area contributed by atoms with Crippen molar-refractivity contribution in [3.63, 3.8) is 0 Å². The second kappa shape index (κ2) is 10.4. The van der Waals surface area contributed by atoms with Gasteiger partial charge in [0.15, 0.2) is 0 Å². The highest BCUT2D eigenvalue weighted by molar-refractivity contribution is 7.92. The topological polar surface area (TPSA) is 91.8 Å². The summed E-state index contributed by atoms with van der Waals surface area (Å²) in [5.41, 5.74) is 1.80. The Labute approximate surface area is 204 Å². The zero-order valence-corrected chi connectivity index (χ0v) is 20.2. The average Bonchev–Trinajstić information content (AvgIpc) is 2.85. The minimum absolute atomic E-state index is 0.0197. The van der Waals surface area contributed by atoms with Gasteiger partial charge >= 0.3 is 0 Å². The molecule has 0 aliphatic carbocycles. The van der Waals surface area contributed by atoms with Gasteiger partial charge in [-0.15, -0.1) is 0 Å². The molecule has 1 aromatic heterocycles. The molecule has 2 heterocycles. The molecule has 3 aromatic rings. The van der Waals surface area contributed by atoms with Crippen molar-refractivity contribution in [3.8, 4) is 5.75 Å². The van der Waals surface area contributed by atoms with Crippen LogP contribution in [0.2, 0.25) is 5.02 Å². The van der Waals surface area contributed by atoms with Crippen LogP contribution < -0.4 is 9.46 Å². The number of hydrogen-bond acceptors (Lipinski definition) is 6. The third-order valence-electron chi connectivity index (χ3n) is 5.56. The van der Waals surface area contributed by atoms with Gasteiger partial charge in [0, 0.05) is 43.3 Å². The minimum Gasteiger partial charge on any atom is -0.497 e. The number of aromatic nitrogens is 1. The van der Waals surface area contributed by atoms with Crippen molar-refractivity contribution in [2.75, 3.05) is 38.0 Å². The first-order chi connectivity index (χ1) is 16.3. The van der Waals surface area contributed by atoms with Crippen molar-refractivity contribution in [1.29, 1.82) is 0 Å². The number of benzene rings is 2. The molecule has 0 saturated carbocycles. The highest BCUT2D eigenvalue weighted by Gasteiger charge is 2.22. The number of carbonyl (C=O) groups is 1. The summed E-state index contributed by atoms with van der Waals surface area (Å²) in [6.45, 7) is 3.29. The van der Waals surface area contributed by atoms with Gasteiger partial charge in [0.2, 0.25) is 0 Å². The summed E-state index contributed by atoms with van der Waals surface area (Å²) in [5, 5.41) is 0.547. The number of sulfonamides is 1. The number of carbonyl (C=O) groups excluding carboxylic acids is 1. The lowest BCUT2D eigenvalue weighted by Gasteiger charge is -2.34. The molecule has 1 N–H and O–H groups in total.